The number of anilines is 2. The van der Waals surface area contributed by atoms with Crippen molar-refractivity contribution >= 4 is 11.4 Å². The molecule has 2 N–H and O–H groups in total. The highest BCUT2D eigenvalue weighted by Gasteiger charge is 2.34. The average Bonchev–Trinajstić information content (AvgIpc) is 2.99. The van der Waals surface area contributed by atoms with Gasteiger partial charge < -0.3 is 15.4 Å². The van der Waals surface area contributed by atoms with Gasteiger partial charge >= 0.3 is 6.18 Å². The van der Waals surface area contributed by atoms with E-state index < -0.39 is 11.7 Å². The van der Waals surface area contributed by atoms with Crippen LogP contribution < -0.4 is 10.6 Å². The minimum Gasteiger partial charge on any atom is -0.399 e. The number of ether oxygens (including phenoxy) is 1. The van der Waals surface area contributed by atoms with Crippen molar-refractivity contribution in [1.29, 1.82) is 0 Å². The summed E-state index contributed by atoms with van der Waals surface area (Å²) < 4.78 is 43.6. The van der Waals surface area contributed by atoms with Gasteiger partial charge in [-0.25, -0.2) is 0 Å². The van der Waals surface area contributed by atoms with E-state index in [2.05, 4.69) is 4.90 Å². The van der Waals surface area contributed by atoms with E-state index in [1.807, 2.05) is 24.3 Å². The van der Waals surface area contributed by atoms with E-state index in [9.17, 15) is 13.2 Å². The van der Waals surface area contributed by atoms with Gasteiger partial charge in [-0.3, -0.25) is 0 Å². The minimum atomic E-state index is -4.30. The highest BCUT2D eigenvalue weighted by Crippen LogP contribution is 2.37. The van der Waals surface area contributed by atoms with Crippen LogP contribution in [0.4, 0.5) is 24.5 Å². The first-order chi connectivity index (χ1) is 11.9. The molecule has 1 aliphatic heterocycles. The van der Waals surface area contributed by atoms with Crippen molar-refractivity contribution in [2.45, 2.75) is 24.6 Å². The van der Waals surface area contributed by atoms with Crippen LogP contribution in [0.5, 0.6) is 0 Å². The smallest absolute Gasteiger partial charge is 0.399 e. The molecule has 1 heterocycles. The first kappa shape index (κ1) is 17.6. The molecule has 3 rings (SSSR count). The van der Waals surface area contributed by atoms with Gasteiger partial charge in [-0.15, -0.1) is 0 Å². The fourth-order valence-corrected chi connectivity index (χ4v) is 3.43. The Bertz CT molecular complexity index is 698. The van der Waals surface area contributed by atoms with Crippen LogP contribution in [0, 0.1) is 0 Å². The number of methoxy groups -OCH3 is 1. The van der Waals surface area contributed by atoms with Crippen molar-refractivity contribution in [3.63, 3.8) is 0 Å². The summed E-state index contributed by atoms with van der Waals surface area (Å²) in [6.45, 7) is 1.31. The summed E-state index contributed by atoms with van der Waals surface area (Å²) >= 11 is 0. The monoisotopic (exact) mass is 350 g/mol. The summed E-state index contributed by atoms with van der Waals surface area (Å²) in [5.74, 6) is 0.167. The first-order valence-electron chi connectivity index (χ1n) is 8.16. The lowest BCUT2D eigenvalue weighted by atomic mass is 9.95. The Kier molecular flexibility index (Phi) is 4.90. The molecule has 6 heteroatoms. The van der Waals surface area contributed by atoms with Gasteiger partial charge in [-0.1, -0.05) is 12.1 Å². The summed E-state index contributed by atoms with van der Waals surface area (Å²) in [6.07, 6.45) is -3.47. The summed E-state index contributed by atoms with van der Waals surface area (Å²) in [4.78, 5) is 2.24. The second kappa shape index (κ2) is 6.96. The van der Waals surface area contributed by atoms with Gasteiger partial charge in [0.05, 0.1) is 18.2 Å². The third kappa shape index (κ3) is 3.90. The van der Waals surface area contributed by atoms with Gasteiger partial charge in [0.25, 0.3) is 0 Å². The molecule has 0 radical (unpaired) electrons. The van der Waals surface area contributed by atoms with Crippen molar-refractivity contribution < 1.29 is 17.9 Å². The standard InChI is InChI=1S/C19H21F3N2O/c1-25-12-18-10-14(11-24(18)17-8-6-16(23)7-9-17)13-2-4-15(5-3-13)19(20,21)22/h2-9,14,18H,10-12,23H2,1H3/t14?,18-/m1/s1. The molecule has 0 amide bonds. The molecule has 0 aromatic heterocycles. The van der Waals surface area contributed by atoms with Gasteiger partial charge in [0.15, 0.2) is 0 Å². The summed E-state index contributed by atoms with van der Waals surface area (Å²) in [7, 11) is 1.66. The molecule has 25 heavy (non-hydrogen) atoms. The third-order valence-corrected chi connectivity index (χ3v) is 4.71. The van der Waals surface area contributed by atoms with Crippen LogP contribution in [0.3, 0.4) is 0 Å². The summed E-state index contributed by atoms with van der Waals surface area (Å²) in [6, 6.07) is 13.3. The normalized spacial score (nSPS) is 20.9. The number of rotatable bonds is 4. The molecular formula is C19H21F3N2O. The van der Waals surface area contributed by atoms with Crippen LogP contribution in [0.2, 0.25) is 0 Å². The van der Waals surface area contributed by atoms with Crippen molar-refractivity contribution in [1.82, 2.24) is 0 Å². The molecule has 2 aromatic carbocycles. The van der Waals surface area contributed by atoms with Crippen molar-refractivity contribution in [3.8, 4) is 0 Å². The van der Waals surface area contributed by atoms with Crippen LogP contribution in [0.25, 0.3) is 0 Å². The Morgan fingerprint density at radius 2 is 1.72 bits per heavy atom. The molecule has 3 nitrogen and oxygen atoms in total. The van der Waals surface area contributed by atoms with Crippen LogP contribution in [-0.4, -0.2) is 26.3 Å². The molecule has 0 aliphatic carbocycles. The SMILES string of the molecule is COC[C@H]1CC(c2ccc(C(F)(F)F)cc2)CN1c1ccc(N)cc1. The van der Waals surface area contributed by atoms with Gasteiger partial charge in [0, 0.05) is 30.9 Å². The Morgan fingerprint density at radius 3 is 2.28 bits per heavy atom. The number of nitrogens with zero attached hydrogens (tertiary/aromatic N) is 1. The lowest BCUT2D eigenvalue weighted by Gasteiger charge is -2.26. The number of benzene rings is 2. The van der Waals surface area contributed by atoms with Crippen LogP contribution in [0.15, 0.2) is 48.5 Å². The molecule has 1 fully saturated rings. The zero-order valence-corrected chi connectivity index (χ0v) is 14.0. The first-order valence-corrected chi connectivity index (χ1v) is 8.16. The maximum Gasteiger partial charge on any atom is 0.416 e. The topological polar surface area (TPSA) is 38.5 Å². The second-order valence-electron chi connectivity index (χ2n) is 6.41. The fraction of sp³-hybridized carbons (Fsp3) is 0.368. The highest BCUT2D eigenvalue weighted by atomic mass is 19.4. The van der Waals surface area contributed by atoms with E-state index in [4.69, 9.17) is 10.5 Å². The van der Waals surface area contributed by atoms with Gasteiger partial charge in [0.2, 0.25) is 0 Å². The van der Waals surface area contributed by atoms with Crippen molar-refractivity contribution in [2.75, 3.05) is 30.9 Å². The maximum absolute atomic E-state index is 12.7. The minimum absolute atomic E-state index is 0.167. The molecule has 2 atom stereocenters. The van der Waals surface area contributed by atoms with Crippen LogP contribution in [0.1, 0.15) is 23.5 Å². The zero-order chi connectivity index (χ0) is 18.0. The Hall–Kier alpha value is -2.21. The summed E-state index contributed by atoms with van der Waals surface area (Å²) in [5, 5.41) is 0. The van der Waals surface area contributed by atoms with Crippen molar-refractivity contribution in [2.24, 2.45) is 0 Å². The number of hydrogen-bond donors (Lipinski definition) is 1. The van der Waals surface area contributed by atoms with E-state index in [1.165, 1.54) is 0 Å². The lowest BCUT2D eigenvalue weighted by Crippen LogP contribution is -2.32. The van der Waals surface area contributed by atoms with E-state index in [-0.39, 0.29) is 12.0 Å². The van der Waals surface area contributed by atoms with Crippen LogP contribution >= 0.6 is 0 Å². The molecule has 0 saturated carbocycles. The van der Waals surface area contributed by atoms with E-state index in [0.29, 0.717) is 12.3 Å². The van der Waals surface area contributed by atoms with E-state index in [1.54, 1.807) is 19.2 Å². The van der Waals surface area contributed by atoms with Gasteiger partial charge in [-0.05, 0) is 48.4 Å². The predicted octanol–water partition coefficient (Wildman–Crippen LogP) is 4.30. The Morgan fingerprint density at radius 1 is 1.08 bits per heavy atom. The van der Waals surface area contributed by atoms with Gasteiger partial charge in [-0.2, -0.15) is 13.2 Å². The quantitative estimate of drug-likeness (QED) is 0.836. The van der Waals surface area contributed by atoms with E-state index >= 15 is 0 Å². The Balaban J connectivity index is 1.80. The Labute approximate surface area is 145 Å². The molecule has 1 aliphatic rings. The highest BCUT2D eigenvalue weighted by molar-refractivity contribution is 5.55. The molecule has 0 spiro atoms. The number of nitrogen functional groups attached to an aromatic ring is 1. The second-order valence-corrected chi connectivity index (χ2v) is 6.41. The largest absolute Gasteiger partial charge is 0.416 e. The number of hydrogen-bond acceptors (Lipinski definition) is 3. The molecule has 1 unspecified atom stereocenters. The number of nitrogens with two attached hydrogens (primary N) is 1. The predicted molar refractivity (Wildman–Crippen MR) is 92.7 cm³/mol. The lowest BCUT2D eigenvalue weighted by molar-refractivity contribution is -0.137. The molecule has 0 bridgehead atoms. The number of halogens is 3. The van der Waals surface area contributed by atoms with Crippen molar-refractivity contribution in [3.05, 3.63) is 59.7 Å². The number of alkyl halides is 3. The molecule has 2 aromatic rings. The van der Waals surface area contributed by atoms with Crippen LogP contribution in [-0.2, 0) is 10.9 Å². The fourth-order valence-electron chi connectivity index (χ4n) is 3.43. The zero-order valence-electron chi connectivity index (χ0n) is 14.0. The molecule has 134 valence electrons. The van der Waals surface area contributed by atoms with E-state index in [0.717, 1.165) is 36.3 Å². The average molecular weight is 350 g/mol. The maximum atomic E-state index is 12.7. The molecular weight excluding hydrogens is 329 g/mol. The van der Waals surface area contributed by atoms with Gasteiger partial charge in [0.1, 0.15) is 0 Å². The third-order valence-electron chi connectivity index (χ3n) is 4.71. The molecule has 1 saturated heterocycles. The summed E-state index contributed by atoms with van der Waals surface area (Å²) in [5.41, 5.74) is 7.81.